The number of hydrogen-bond donors (Lipinski definition) is 0. The normalized spacial score (nSPS) is 22.3. The van der Waals surface area contributed by atoms with Gasteiger partial charge in [0, 0.05) is 29.7 Å². The van der Waals surface area contributed by atoms with E-state index in [2.05, 4.69) is 46.0 Å². The Bertz CT molecular complexity index is 1230. The molecule has 3 aliphatic rings. The molecule has 1 unspecified atom stereocenters. The van der Waals surface area contributed by atoms with Crippen LogP contribution in [-0.4, -0.2) is 35.0 Å². The average molecular weight is 522 g/mol. The van der Waals surface area contributed by atoms with E-state index in [1.807, 2.05) is 43.2 Å². The van der Waals surface area contributed by atoms with Crippen LogP contribution in [0.25, 0.3) is 0 Å². The molecule has 0 saturated heterocycles. The maximum atomic E-state index is 14.6. The highest BCUT2D eigenvalue weighted by molar-refractivity contribution is 9.10. The molecule has 2 aromatic rings. The standard InChI is InChI=1S/C28H29BrFN3O/c1-17(22-11-10-21(29)15-24(22)30)14-27-31-25(16-26(32(27)3)20-8-9-20)28(34)33-13-12-19-6-4-5-7-23(19)18(33)2/h4-7,10-11,14-18,20H,8-9,12-13H2,1-3H3/b27-14-/t17?,18-/m1/s1. The molecule has 6 heteroatoms. The Hall–Kier alpha value is -2.73. The first-order chi connectivity index (χ1) is 16.3. The summed E-state index contributed by atoms with van der Waals surface area (Å²) in [5, 5.41) is 0. The van der Waals surface area contributed by atoms with Crippen LogP contribution in [0.5, 0.6) is 0 Å². The number of benzene rings is 2. The van der Waals surface area contributed by atoms with Crippen molar-refractivity contribution in [2.24, 2.45) is 10.9 Å². The summed E-state index contributed by atoms with van der Waals surface area (Å²) in [6.45, 7) is 4.73. The molecule has 2 aliphatic heterocycles. The van der Waals surface area contributed by atoms with Gasteiger partial charge in [-0.05, 0) is 73.1 Å². The fraction of sp³-hybridized carbons (Fsp3) is 0.357. The third-order valence-electron chi connectivity index (χ3n) is 7.17. The zero-order valence-electron chi connectivity index (χ0n) is 19.8. The predicted molar refractivity (Wildman–Crippen MR) is 137 cm³/mol. The predicted octanol–water partition coefficient (Wildman–Crippen LogP) is 6.36. The minimum atomic E-state index is -0.253. The molecular formula is C28H29BrFN3O. The molecule has 0 spiro atoms. The lowest BCUT2D eigenvalue weighted by atomic mass is 9.93. The molecule has 0 bridgehead atoms. The molecule has 0 N–H and O–H groups in total. The monoisotopic (exact) mass is 521 g/mol. The highest BCUT2D eigenvalue weighted by Gasteiger charge is 2.35. The third-order valence-corrected chi connectivity index (χ3v) is 7.67. The van der Waals surface area contributed by atoms with E-state index in [0.29, 0.717) is 34.0 Å². The summed E-state index contributed by atoms with van der Waals surface area (Å²) in [5.74, 6) is 0.668. The van der Waals surface area contributed by atoms with Crippen molar-refractivity contribution in [2.45, 2.75) is 45.1 Å². The molecule has 4 nitrogen and oxygen atoms in total. The first-order valence-electron chi connectivity index (χ1n) is 11.9. The molecule has 176 valence electrons. The minimum Gasteiger partial charge on any atom is -0.333 e. The second-order valence-electron chi connectivity index (χ2n) is 9.50. The van der Waals surface area contributed by atoms with Crippen molar-refractivity contribution in [2.75, 3.05) is 13.6 Å². The SMILES string of the molecule is CC(/C=C1/N=C(C(=O)N2CCc3ccccc3[C@H]2C)C=C(C2CC2)N1C)c1ccc(Br)cc1F. The van der Waals surface area contributed by atoms with E-state index in [1.165, 1.54) is 17.2 Å². The van der Waals surface area contributed by atoms with Crippen LogP contribution >= 0.6 is 15.9 Å². The Kier molecular flexibility index (Phi) is 6.19. The fourth-order valence-electron chi connectivity index (χ4n) is 5.01. The van der Waals surface area contributed by atoms with Crippen molar-refractivity contribution in [3.05, 3.63) is 93.1 Å². The van der Waals surface area contributed by atoms with Crippen molar-refractivity contribution in [3.8, 4) is 0 Å². The zero-order valence-corrected chi connectivity index (χ0v) is 21.3. The number of amides is 1. The number of halogens is 2. The molecule has 2 aromatic carbocycles. The largest absolute Gasteiger partial charge is 0.333 e. The quantitative estimate of drug-likeness (QED) is 0.469. The fourth-order valence-corrected chi connectivity index (χ4v) is 5.34. The summed E-state index contributed by atoms with van der Waals surface area (Å²) in [5.41, 5.74) is 4.72. The van der Waals surface area contributed by atoms with E-state index in [4.69, 9.17) is 4.99 Å². The Labute approximate surface area is 209 Å². The second kappa shape index (κ2) is 9.14. The van der Waals surface area contributed by atoms with Gasteiger partial charge < -0.3 is 9.80 Å². The van der Waals surface area contributed by atoms with E-state index in [9.17, 15) is 9.18 Å². The average Bonchev–Trinajstić information content (AvgIpc) is 3.65. The van der Waals surface area contributed by atoms with Crippen LogP contribution < -0.4 is 0 Å². The van der Waals surface area contributed by atoms with Gasteiger partial charge in [0.1, 0.15) is 17.3 Å². The molecule has 2 heterocycles. The second-order valence-corrected chi connectivity index (χ2v) is 10.4. The number of aliphatic imine (C=N–C) groups is 1. The lowest BCUT2D eigenvalue weighted by Crippen LogP contribution is -2.43. The van der Waals surface area contributed by atoms with Gasteiger partial charge in [0.2, 0.25) is 0 Å². The van der Waals surface area contributed by atoms with Crippen LogP contribution in [0, 0.1) is 11.7 Å². The van der Waals surface area contributed by atoms with Crippen LogP contribution in [0.3, 0.4) is 0 Å². The Balaban J connectivity index is 1.48. The maximum Gasteiger partial charge on any atom is 0.273 e. The van der Waals surface area contributed by atoms with Crippen LogP contribution in [0.15, 0.2) is 75.6 Å². The van der Waals surface area contributed by atoms with E-state index < -0.39 is 0 Å². The van der Waals surface area contributed by atoms with Crippen LogP contribution in [-0.2, 0) is 11.2 Å². The summed E-state index contributed by atoms with van der Waals surface area (Å²) in [6, 6.07) is 13.5. The smallest absolute Gasteiger partial charge is 0.273 e. The Morgan fingerprint density at radius 2 is 2.00 bits per heavy atom. The van der Waals surface area contributed by atoms with Gasteiger partial charge in [-0.3, -0.25) is 4.79 Å². The Morgan fingerprint density at radius 3 is 2.74 bits per heavy atom. The van der Waals surface area contributed by atoms with Gasteiger partial charge in [0.05, 0.1) is 6.04 Å². The van der Waals surface area contributed by atoms with Crippen molar-refractivity contribution < 1.29 is 9.18 Å². The van der Waals surface area contributed by atoms with Gasteiger partial charge in [-0.2, -0.15) is 0 Å². The van der Waals surface area contributed by atoms with Crippen LogP contribution in [0.1, 0.15) is 55.3 Å². The van der Waals surface area contributed by atoms with Gasteiger partial charge in [-0.15, -0.1) is 0 Å². The number of allylic oxidation sites excluding steroid dienone is 2. The number of carbonyl (C=O) groups is 1. The molecule has 1 amide bonds. The number of nitrogens with zero attached hydrogens (tertiary/aromatic N) is 3. The first kappa shape index (κ1) is 23.0. The topological polar surface area (TPSA) is 35.9 Å². The van der Waals surface area contributed by atoms with Crippen molar-refractivity contribution in [1.29, 1.82) is 0 Å². The summed E-state index contributed by atoms with van der Waals surface area (Å²) in [4.78, 5) is 22.5. The Morgan fingerprint density at radius 1 is 1.24 bits per heavy atom. The first-order valence-corrected chi connectivity index (χ1v) is 12.7. The summed E-state index contributed by atoms with van der Waals surface area (Å²) < 4.78 is 15.3. The summed E-state index contributed by atoms with van der Waals surface area (Å²) in [6.07, 6.45) is 7.02. The highest BCUT2D eigenvalue weighted by atomic mass is 79.9. The molecule has 1 saturated carbocycles. The van der Waals surface area contributed by atoms with Gasteiger partial charge in [0.25, 0.3) is 5.91 Å². The lowest BCUT2D eigenvalue weighted by Gasteiger charge is -2.36. The maximum absolute atomic E-state index is 14.6. The number of carbonyl (C=O) groups excluding carboxylic acids is 1. The molecule has 34 heavy (non-hydrogen) atoms. The molecule has 1 fully saturated rings. The van der Waals surface area contributed by atoms with E-state index in [1.54, 1.807) is 6.07 Å². The van der Waals surface area contributed by atoms with Gasteiger partial charge in [0.15, 0.2) is 0 Å². The summed E-state index contributed by atoms with van der Waals surface area (Å²) in [7, 11) is 1.99. The number of rotatable bonds is 4. The molecule has 2 atom stereocenters. The van der Waals surface area contributed by atoms with E-state index in [-0.39, 0.29) is 23.7 Å². The van der Waals surface area contributed by atoms with Crippen molar-refractivity contribution in [3.63, 3.8) is 0 Å². The van der Waals surface area contributed by atoms with Gasteiger partial charge in [-0.25, -0.2) is 9.38 Å². The summed E-state index contributed by atoms with van der Waals surface area (Å²) >= 11 is 3.33. The van der Waals surface area contributed by atoms with Gasteiger partial charge >= 0.3 is 0 Å². The minimum absolute atomic E-state index is 0.000737. The van der Waals surface area contributed by atoms with E-state index >= 15 is 0 Å². The van der Waals surface area contributed by atoms with Crippen LogP contribution in [0.4, 0.5) is 4.39 Å². The number of fused-ring (bicyclic) bond motifs is 1. The van der Waals surface area contributed by atoms with Crippen LogP contribution in [0.2, 0.25) is 0 Å². The zero-order chi connectivity index (χ0) is 24.0. The molecule has 1 aliphatic carbocycles. The van der Waals surface area contributed by atoms with Crippen molar-refractivity contribution in [1.82, 2.24) is 9.80 Å². The molecule has 5 rings (SSSR count). The van der Waals surface area contributed by atoms with Crippen molar-refractivity contribution >= 4 is 27.5 Å². The molecule has 0 radical (unpaired) electrons. The molecule has 0 aromatic heterocycles. The lowest BCUT2D eigenvalue weighted by molar-refractivity contribution is -0.126. The number of hydrogen-bond acceptors (Lipinski definition) is 3. The van der Waals surface area contributed by atoms with E-state index in [0.717, 1.165) is 25.0 Å². The van der Waals surface area contributed by atoms with Gasteiger partial charge in [-0.1, -0.05) is 53.2 Å². The highest BCUT2D eigenvalue weighted by Crippen LogP contribution is 2.41. The third kappa shape index (κ3) is 4.36. The molecular weight excluding hydrogens is 493 g/mol.